The second-order valence-electron chi connectivity index (χ2n) is 4.87. The molecule has 0 saturated carbocycles. The zero-order valence-corrected chi connectivity index (χ0v) is 11.7. The van der Waals surface area contributed by atoms with Crippen molar-refractivity contribution in [2.24, 2.45) is 11.7 Å². The Balaban J connectivity index is 2.46. The lowest BCUT2D eigenvalue weighted by Gasteiger charge is -2.16. The van der Waals surface area contributed by atoms with Crippen LogP contribution in [-0.2, 0) is 11.2 Å². The van der Waals surface area contributed by atoms with Crippen LogP contribution in [-0.4, -0.2) is 26.4 Å². The molecule has 0 spiro atoms. The van der Waals surface area contributed by atoms with Crippen molar-refractivity contribution >= 4 is 0 Å². The van der Waals surface area contributed by atoms with Gasteiger partial charge in [-0.15, -0.1) is 0 Å². The maximum atomic E-state index is 5.82. The number of rotatable bonds is 8. The number of hydrogen-bond acceptors (Lipinski definition) is 3. The Morgan fingerprint density at radius 3 is 2.67 bits per heavy atom. The summed E-state index contributed by atoms with van der Waals surface area (Å²) in [6.45, 7) is 5.58. The highest BCUT2D eigenvalue weighted by Crippen LogP contribution is 2.17. The van der Waals surface area contributed by atoms with E-state index in [4.69, 9.17) is 15.2 Å². The van der Waals surface area contributed by atoms with Crippen LogP contribution in [0.4, 0.5) is 0 Å². The van der Waals surface area contributed by atoms with E-state index in [2.05, 4.69) is 26.0 Å². The van der Waals surface area contributed by atoms with E-state index in [-0.39, 0.29) is 0 Å². The van der Waals surface area contributed by atoms with Crippen LogP contribution in [0.25, 0.3) is 0 Å². The average molecular weight is 251 g/mol. The summed E-state index contributed by atoms with van der Waals surface area (Å²) in [4.78, 5) is 0. The third-order valence-electron chi connectivity index (χ3n) is 2.97. The largest absolute Gasteiger partial charge is 0.497 e. The summed E-state index contributed by atoms with van der Waals surface area (Å²) in [5.74, 6) is 1.37. The van der Waals surface area contributed by atoms with Gasteiger partial charge in [0.1, 0.15) is 5.75 Å². The molecule has 1 aromatic carbocycles. The van der Waals surface area contributed by atoms with E-state index >= 15 is 0 Å². The summed E-state index contributed by atoms with van der Waals surface area (Å²) in [5.41, 5.74) is 7.09. The predicted octanol–water partition coefficient (Wildman–Crippen LogP) is 2.63. The normalized spacial score (nSPS) is 12.7. The molecular weight excluding hydrogens is 226 g/mol. The second kappa shape index (κ2) is 8.11. The van der Waals surface area contributed by atoms with Gasteiger partial charge in [-0.1, -0.05) is 12.1 Å². The highest BCUT2D eigenvalue weighted by Gasteiger charge is 2.09. The van der Waals surface area contributed by atoms with Gasteiger partial charge in [0.25, 0.3) is 0 Å². The standard InChI is InChI=1S/C15H25NO2/c1-12(2)18-8-7-14(11-16)9-13-5-4-6-15(10-13)17-3/h4-6,10,12,14H,7-9,11,16H2,1-3H3. The monoisotopic (exact) mass is 251 g/mol. The van der Waals surface area contributed by atoms with Gasteiger partial charge in [-0.2, -0.15) is 0 Å². The van der Waals surface area contributed by atoms with Crippen LogP contribution in [0.1, 0.15) is 25.8 Å². The van der Waals surface area contributed by atoms with Crippen LogP contribution < -0.4 is 10.5 Å². The molecule has 0 aromatic heterocycles. The van der Waals surface area contributed by atoms with Gasteiger partial charge < -0.3 is 15.2 Å². The molecule has 0 aliphatic rings. The molecule has 0 radical (unpaired) electrons. The summed E-state index contributed by atoms with van der Waals surface area (Å²) < 4.78 is 10.8. The first-order chi connectivity index (χ1) is 8.65. The lowest BCUT2D eigenvalue weighted by molar-refractivity contribution is 0.0690. The third-order valence-corrected chi connectivity index (χ3v) is 2.97. The summed E-state index contributed by atoms with van der Waals surface area (Å²) in [6.07, 6.45) is 2.28. The van der Waals surface area contributed by atoms with Crippen LogP contribution in [0.5, 0.6) is 5.75 Å². The third kappa shape index (κ3) is 5.52. The van der Waals surface area contributed by atoms with Crippen molar-refractivity contribution in [1.82, 2.24) is 0 Å². The second-order valence-corrected chi connectivity index (χ2v) is 4.87. The molecule has 0 aliphatic heterocycles. The molecule has 0 bridgehead atoms. The molecule has 1 aromatic rings. The molecule has 0 aliphatic carbocycles. The zero-order chi connectivity index (χ0) is 13.4. The highest BCUT2D eigenvalue weighted by atomic mass is 16.5. The molecule has 0 heterocycles. The van der Waals surface area contributed by atoms with E-state index in [1.165, 1.54) is 5.56 Å². The Morgan fingerprint density at radius 2 is 2.06 bits per heavy atom. The molecule has 1 rings (SSSR count). The quantitative estimate of drug-likeness (QED) is 0.772. The van der Waals surface area contributed by atoms with E-state index in [9.17, 15) is 0 Å². The number of ether oxygens (including phenoxy) is 2. The van der Waals surface area contributed by atoms with Crippen molar-refractivity contribution in [2.75, 3.05) is 20.3 Å². The van der Waals surface area contributed by atoms with Crippen LogP contribution >= 0.6 is 0 Å². The molecule has 3 heteroatoms. The minimum absolute atomic E-state index is 0.292. The summed E-state index contributed by atoms with van der Waals surface area (Å²) in [7, 11) is 1.69. The molecule has 1 unspecified atom stereocenters. The van der Waals surface area contributed by atoms with Gasteiger partial charge in [0, 0.05) is 6.61 Å². The van der Waals surface area contributed by atoms with E-state index in [0.29, 0.717) is 18.6 Å². The van der Waals surface area contributed by atoms with Crippen molar-refractivity contribution in [3.05, 3.63) is 29.8 Å². The fourth-order valence-electron chi connectivity index (χ4n) is 1.91. The summed E-state index contributed by atoms with van der Waals surface area (Å²) >= 11 is 0. The maximum Gasteiger partial charge on any atom is 0.119 e. The van der Waals surface area contributed by atoms with Gasteiger partial charge in [0.15, 0.2) is 0 Å². The van der Waals surface area contributed by atoms with Crippen molar-refractivity contribution in [3.8, 4) is 5.75 Å². The number of benzene rings is 1. The number of methoxy groups -OCH3 is 1. The van der Waals surface area contributed by atoms with Gasteiger partial charge >= 0.3 is 0 Å². The molecule has 0 amide bonds. The van der Waals surface area contributed by atoms with Gasteiger partial charge in [0.05, 0.1) is 13.2 Å². The average Bonchev–Trinajstić information content (AvgIpc) is 2.37. The Hall–Kier alpha value is -1.06. The Morgan fingerprint density at radius 1 is 1.28 bits per heavy atom. The fourth-order valence-corrected chi connectivity index (χ4v) is 1.91. The van der Waals surface area contributed by atoms with Crippen LogP contribution in [0, 0.1) is 5.92 Å². The summed E-state index contributed by atoms with van der Waals surface area (Å²) in [6, 6.07) is 8.18. The first kappa shape index (κ1) is 15.0. The lowest BCUT2D eigenvalue weighted by Crippen LogP contribution is -2.19. The van der Waals surface area contributed by atoms with Crippen molar-refractivity contribution in [2.45, 2.75) is 32.8 Å². The van der Waals surface area contributed by atoms with E-state index < -0.39 is 0 Å². The molecule has 0 fully saturated rings. The number of nitrogens with two attached hydrogens (primary N) is 1. The lowest BCUT2D eigenvalue weighted by atomic mass is 9.96. The molecule has 102 valence electrons. The van der Waals surface area contributed by atoms with Crippen molar-refractivity contribution < 1.29 is 9.47 Å². The van der Waals surface area contributed by atoms with E-state index in [1.807, 2.05) is 12.1 Å². The minimum atomic E-state index is 0.292. The topological polar surface area (TPSA) is 44.5 Å². The number of hydrogen-bond donors (Lipinski definition) is 1. The SMILES string of the molecule is COc1cccc(CC(CN)CCOC(C)C)c1. The maximum absolute atomic E-state index is 5.82. The molecule has 2 N–H and O–H groups in total. The highest BCUT2D eigenvalue weighted by molar-refractivity contribution is 5.28. The first-order valence-corrected chi connectivity index (χ1v) is 6.60. The van der Waals surface area contributed by atoms with Gasteiger partial charge in [-0.3, -0.25) is 0 Å². The Bertz CT molecular complexity index is 339. The van der Waals surface area contributed by atoms with Crippen LogP contribution in [0.15, 0.2) is 24.3 Å². The van der Waals surface area contributed by atoms with E-state index in [1.54, 1.807) is 7.11 Å². The molecule has 3 nitrogen and oxygen atoms in total. The zero-order valence-electron chi connectivity index (χ0n) is 11.7. The van der Waals surface area contributed by atoms with Crippen molar-refractivity contribution in [1.29, 1.82) is 0 Å². The van der Waals surface area contributed by atoms with Crippen molar-refractivity contribution in [3.63, 3.8) is 0 Å². The molecule has 0 saturated heterocycles. The van der Waals surface area contributed by atoms with Crippen LogP contribution in [0.3, 0.4) is 0 Å². The summed E-state index contributed by atoms with van der Waals surface area (Å²) in [5, 5.41) is 0. The van der Waals surface area contributed by atoms with Gasteiger partial charge in [-0.25, -0.2) is 0 Å². The van der Waals surface area contributed by atoms with Crippen LogP contribution in [0.2, 0.25) is 0 Å². The van der Waals surface area contributed by atoms with Gasteiger partial charge in [-0.05, 0) is 56.8 Å². The Kier molecular flexibility index (Phi) is 6.76. The minimum Gasteiger partial charge on any atom is -0.497 e. The molecular formula is C15H25NO2. The van der Waals surface area contributed by atoms with E-state index in [0.717, 1.165) is 25.2 Å². The Labute approximate surface area is 110 Å². The fraction of sp³-hybridized carbons (Fsp3) is 0.600. The van der Waals surface area contributed by atoms with Gasteiger partial charge in [0.2, 0.25) is 0 Å². The molecule has 18 heavy (non-hydrogen) atoms. The molecule has 1 atom stereocenters. The smallest absolute Gasteiger partial charge is 0.119 e. The predicted molar refractivity (Wildman–Crippen MR) is 74.9 cm³/mol. The first-order valence-electron chi connectivity index (χ1n) is 6.60.